The molecular weight excluding hydrogens is 318 g/mol. The molecule has 0 aromatic heterocycles. The molecule has 1 aromatic carbocycles. The number of rotatable bonds is 4. The average molecular weight is 337 g/mol. The molecule has 2 amide bonds. The molecule has 0 unspecified atom stereocenters. The van der Waals surface area contributed by atoms with E-state index >= 15 is 0 Å². The lowest BCUT2D eigenvalue weighted by Gasteiger charge is -2.08. The molecule has 0 spiro atoms. The van der Waals surface area contributed by atoms with E-state index in [1.807, 2.05) is 0 Å². The van der Waals surface area contributed by atoms with Crippen molar-refractivity contribution in [1.82, 2.24) is 5.43 Å². The van der Waals surface area contributed by atoms with Gasteiger partial charge in [-0.15, -0.1) is 0 Å². The van der Waals surface area contributed by atoms with Gasteiger partial charge in [-0.3, -0.25) is 9.59 Å². The van der Waals surface area contributed by atoms with Crippen LogP contribution in [-0.4, -0.2) is 37.4 Å². The number of nitrogens with zero attached hydrogens (tertiary/aromatic N) is 1. The number of hydrazone groups is 1. The van der Waals surface area contributed by atoms with Gasteiger partial charge >= 0.3 is 0 Å². The summed E-state index contributed by atoms with van der Waals surface area (Å²) < 4.78 is 22.8. The summed E-state index contributed by atoms with van der Waals surface area (Å²) in [6.07, 6.45) is 0.334. The summed E-state index contributed by atoms with van der Waals surface area (Å²) in [6, 6.07) is 7.06. The number of anilines is 1. The Morgan fingerprint density at radius 3 is 2.61 bits per heavy atom. The summed E-state index contributed by atoms with van der Waals surface area (Å²) in [7, 11) is -3.10. The topological polar surface area (TPSA) is 105 Å². The fraction of sp³-hybridized carbons (Fsp3) is 0.400. The molecular formula is C15H19N3O4S. The van der Waals surface area contributed by atoms with Gasteiger partial charge in [0.05, 0.1) is 23.1 Å². The van der Waals surface area contributed by atoms with Crippen LogP contribution in [0.25, 0.3) is 0 Å². The Morgan fingerprint density at radius 2 is 2.00 bits per heavy atom. The SMILES string of the molecule is CC(=O)Nc1cccc(/C(C)=N\NC(=O)[C@H]2CCS(=O)(=O)C2)c1. The Bertz CT molecular complexity index is 756. The van der Waals surface area contributed by atoms with Gasteiger partial charge < -0.3 is 5.32 Å². The lowest BCUT2D eigenvalue weighted by molar-refractivity contribution is -0.124. The Labute approximate surface area is 135 Å². The summed E-state index contributed by atoms with van der Waals surface area (Å²) in [5.74, 6) is -1.17. The van der Waals surface area contributed by atoms with E-state index in [1.54, 1.807) is 31.2 Å². The molecule has 1 saturated heterocycles. The lowest BCUT2D eigenvalue weighted by atomic mass is 10.1. The highest BCUT2D eigenvalue weighted by molar-refractivity contribution is 7.91. The first-order valence-corrected chi connectivity index (χ1v) is 9.01. The molecule has 23 heavy (non-hydrogen) atoms. The third kappa shape index (κ3) is 4.88. The van der Waals surface area contributed by atoms with Crippen LogP contribution >= 0.6 is 0 Å². The number of nitrogens with one attached hydrogen (secondary N) is 2. The molecule has 1 aliphatic rings. The van der Waals surface area contributed by atoms with Crippen molar-refractivity contribution in [3.05, 3.63) is 29.8 Å². The first kappa shape index (κ1) is 17.1. The predicted molar refractivity (Wildman–Crippen MR) is 87.9 cm³/mol. The van der Waals surface area contributed by atoms with Crippen LogP contribution in [-0.2, 0) is 19.4 Å². The monoisotopic (exact) mass is 337 g/mol. The van der Waals surface area contributed by atoms with Gasteiger partial charge in [-0.25, -0.2) is 13.8 Å². The van der Waals surface area contributed by atoms with Gasteiger partial charge in [-0.2, -0.15) is 5.10 Å². The molecule has 2 N–H and O–H groups in total. The van der Waals surface area contributed by atoms with Gasteiger partial charge in [-0.1, -0.05) is 12.1 Å². The van der Waals surface area contributed by atoms with Gasteiger partial charge in [0.1, 0.15) is 0 Å². The smallest absolute Gasteiger partial charge is 0.244 e. The van der Waals surface area contributed by atoms with Crippen LogP contribution in [0.4, 0.5) is 5.69 Å². The number of carbonyl (C=O) groups is 2. The Hall–Kier alpha value is -2.22. The molecule has 1 aliphatic heterocycles. The maximum atomic E-state index is 11.9. The second-order valence-electron chi connectivity index (χ2n) is 5.54. The normalized spacial score (nSPS) is 20.1. The number of carbonyl (C=O) groups excluding carboxylic acids is 2. The minimum absolute atomic E-state index is 0.0482. The molecule has 8 heteroatoms. The maximum absolute atomic E-state index is 11.9. The number of benzene rings is 1. The number of amides is 2. The number of hydrogen-bond acceptors (Lipinski definition) is 5. The third-order valence-corrected chi connectivity index (χ3v) is 5.31. The van der Waals surface area contributed by atoms with Gasteiger partial charge in [0.15, 0.2) is 9.84 Å². The zero-order valence-electron chi connectivity index (χ0n) is 13.0. The number of hydrogen-bond donors (Lipinski definition) is 2. The van der Waals surface area contributed by atoms with Crippen LogP contribution in [0.5, 0.6) is 0 Å². The van der Waals surface area contributed by atoms with E-state index in [0.29, 0.717) is 17.8 Å². The quantitative estimate of drug-likeness (QED) is 0.629. The van der Waals surface area contributed by atoms with Gasteiger partial charge in [0.25, 0.3) is 0 Å². The standard InChI is InChI=1S/C15H19N3O4S/c1-10(12-4-3-5-14(8-12)16-11(2)19)17-18-15(20)13-6-7-23(21,22)9-13/h3-5,8,13H,6-7,9H2,1-2H3,(H,16,19)(H,18,20)/b17-10-/t13-/m0/s1. The van der Waals surface area contributed by atoms with E-state index in [9.17, 15) is 18.0 Å². The molecule has 0 aliphatic carbocycles. The second kappa shape index (κ2) is 6.91. The lowest BCUT2D eigenvalue weighted by Crippen LogP contribution is -2.28. The van der Waals surface area contributed by atoms with Crippen LogP contribution in [0.1, 0.15) is 25.8 Å². The van der Waals surface area contributed by atoms with Crippen molar-refractivity contribution in [2.75, 3.05) is 16.8 Å². The van der Waals surface area contributed by atoms with Gasteiger partial charge in [-0.05, 0) is 31.0 Å². The minimum Gasteiger partial charge on any atom is -0.326 e. The van der Waals surface area contributed by atoms with E-state index in [2.05, 4.69) is 15.8 Å². The summed E-state index contributed by atoms with van der Waals surface area (Å²) in [5, 5.41) is 6.69. The second-order valence-corrected chi connectivity index (χ2v) is 7.76. The molecule has 0 bridgehead atoms. The molecule has 124 valence electrons. The molecule has 1 heterocycles. The fourth-order valence-electron chi connectivity index (χ4n) is 2.32. The summed E-state index contributed by atoms with van der Waals surface area (Å²) in [4.78, 5) is 23.0. The fourth-order valence-corrected chi connectivity index (χ4v) is 4.06. The van der Waals surface area contributed by atoms with E-state index in [1.165, 1.54) is 6.92 Å². The van der Waals surface area contributed by atoms with E-state index in [4.69, 9.17) is 0 Å². The third-order valence-electron chi connectivity index (χ3n) is 3.54. The van der Waals surface area contributed by atoms with Crippen LogP contribution in [0.2, 0.25) is 0 Å². The van der Waals surface area contributed by atoms with Crippen LogP contribution in [0.3, 0.4) is 0 Å². The molecule has 1 fully saturated rings. The number of sulfone groups is 1. The zero-order chi connectivity index (χ0) is 17.0. The van der Waals surface area contributed by atoms with Gasteiger partial charge in [0.2, 0.25) is 11.8 Å². The highest BCUT2D eigenvalue weighted by Gasteiger charge is 2.32. The van der Waals surface area contributed by atoms with Crippen LogP contribution in [0, 0.1) is 5.92 Å². The van der Waals surface area contributed by atoms with Crippen molar-refractivity contribution in [1.29, 1.82) is 0 Å². The minimum atomic E-state index is -3.10. The summed E-state index contributed by atoms with van der Waals surface area (Å²) >= 11 is 0. The molecule has 0 saturated carbocycles. The van der Waals surface area contributed by atoms with Crippen LogP contribution in [0.15, 0.2) is 29.4 Å². The Morgan fingerprint density at radius 1 is 1.26 bits per heavy atom. The van der Waals surface area contributed by atoms with E-state index < -0.39 is 15.8 Å². The van der Waals surface area contributed by atoms with Crippen molar-refractivity contribution >= 4 is 33.1 Å². The van der Waals surface area contributed by atoms with Crippen molar-refractivity contribution < 1.29 is 18.0 Å². The first-order chi connectivity index (χ1) is 10.8. The summed E-state index contributed by atoms with van der Waals surface area (Å²) in [6.45, 7) is 3.14. The van der Waals surface area contributed by atoms with Crippen LogP contribution < -0.4 is 10.7 Å². The largest absolute Gasteiger partial charge is 0.326 e. The molecule has 2 rings (SSSR count). The first-order valence-electron chi connectivity index (χ1n) is 7.19. The van der Waals surface area contributed by atoms with Crippen molar-refractivity contribution in [3.63, 3.8) is 0 Å². The predicted octanol–water partition coefficient (Wildman–Crippen LogP) is 0.920. The maximum Gasteiger partial charge on any atom is 0.244 e. The molecule has 0 radical (unpaired) electrons. The van der Waals surface area contributed by atoms with E-state index in [-0.39, 0.29) is 23.3 Å². The highest BCUT2D eigenvalue weighted by Crippen LogP contribution is 2.18. The van der Waals surface area contributed by atoms with Crippen molar-refractivity contribution in [3.8, 4) is 0 Å². The van der Waals surface area contributed by atoms with Gasteiger partial charge in [0, 0.05) is 12.6 Å². The Kier molecular flexibility index (Phi) is 5.15. The Balaban J connectivity index is 2.02. The zero-order valence-corrected chi connectivity index (χ0v) is 13.8. The van der Waals surface area contributed by atoms with E-state index in [0.717, 1.165) is 5.56 Å². The average Bonchev–Trinajstić information content (AvgIpc) is 2.84. The highest BCUT2D eigenvalue weighted by atomic mass is 32.2. The van der Waals surface area contributed by atoms with Crippen molar-refractivity contribution in [2.24, 2.45) is 11.0 Å². The molecule has 1 aromatic rings. The molecule has 7 nitrogen and oxygen atoms in total. The van der Waals surface area contributed by atoms with Crippen molar-refractivity contribution in [2.45, 2.75) is 20.3 Å². The summed E-state index contributed by atoms with van der Waals surface area (Å²) in [5.41, 5.74) is 4.36. The molecule has 1 atom stereocenters.